The fraction of sp³-hybridized carbons (Fsp3) is 0.500. The van der Waals surface area contributed by atoms with Gasteiger partial charge in [0.05, 0.1) is 5.52 Å². The van der Waals surface area contributed by atoms with Crippen molar-refractivity contribution in [3.8, 4) is 0 Å². The van der Waals surface area contributed by atoms with E-state index in [0.29, 0.717) is 11.3 Å². The van der Waals surface area contributed by atoms with E-state index < -0.39 is 11.6 Å². The molecule has 1 aliphatic rings. The molecule has 1 aromatic heterocycles. The van der Waals surface area contributed by atoms with Crippen molar-refractivity contribution in [3.63, 3.8) is 0 Å². The van der Waals surface area contributed by atoms with Crippen LogP contribution in [0.5, 0.6) is 0 Å². The minimum absolute atomic E-state index is 0.00489. The normalized spacial score (nSPS) is 27.9. The number of fused-ring (bicyclic) bond motifs is 1. The summed E-state index contributed by atoms with van der Waals surface area (Å²) in [6, 6.07) is 2.62. The zero-order valence-electron chi connectivity index (χ0n) is 10.8. The lowest BCUT2D eigenvalue weighted by Gasteiger charge is -2.37. The third-order valence-electron chi connectivity index (χ3n) is 4.37. The molecule has 1 aliphatic carbocycles. The lowest BCUT2D eigenvalue weighted by molar-refractivity contribution is 0.260. The van der Waals surface area contributed by atoms with Crippen molar-refractivity contribution >= 4 is 11.0 Å². The number of nitrogens with two attached hydrogens (primary N) is 1. The molecule has 1 heterocycles. The lowest BCUT2D eigenvalue weighted by Crippen LogP contribution is -2.46. The molecule has 0 radical (unpaired) electrons. The van der Waals surface area contributed by atoms with Gasteiger partial charge in [0.25, 0.3) is 0 Å². The maximum Gasteiger partial charge on any atom is 0.186 e. The van der Waals surface area contributed by atoms with Crippen LogP contribution >= 0.6 is 0 Å². The van der Waals surface area contributed by atoms with Crippen LogP contribution in [0.1, 0.15) is 38.4 Å². The first-order valence-electron chi connectivity index (χ1n) is 6.62. The van der Waals surface area contributed by atoms with Crippen molar-refractivity contribution in [1.82, 2.24) is 9.97 Å². The van der Waals surface area contributed by atoms with Gasteiger partial charge in [-0.2, -0.15) is 0 Å². The minimum atomic E-state index is -0.895. The van der Waals surface area contributed by atoms with Gasteiger partial charge in [-0.3, -0.25) is 0 Å². The molecule has 0 amide bonds. The Balaban J connectivity index is 2.13. The Kier molecular flexibility index (Phi) is 2.82. The summed E-state index contributed by atoms with van der Waals surface area (Å²) in [6.45, 7) is 2.04. The van der Waals surface area contributed by atoms with Crippen molar-refractivity contribution in [2.45, 2.75) is 44.1 Å². The molecule has 2 unspecified atom stereocenters. The van der Waals surface area contributed by atoms with Crippen LogP contribution in [0.4, 0.5) is 8.78 Å². The molecule has 0 bridgehead atoms. The van der Waals surface area contributed by atoms with Crippen molar-refractivity contribution in [2.75, 3.05) is 0 Å². The van der Waals surface area contributed by atoms with Gasteiger partial charge in [-0.15, -0.1) is 0 Å². The quantitative estimate of drug-likeness (QED) is 0.832. The Hall–Kier alpha value is -1.49. The molecule has 5 heteroatoms. The Labute approximate surface area is 110 Å². The highest BCUT2D eigenvalue weighted by atomic mass is 19.2. The molecule has 3 nitrogen and oxygen atoms in total. The minimum Gasteiger partial charge on any atom is -0.341 e. The Morgan fingerprint density at radius 2 is 2.16 bits per heavy atom. The zero-order valence-corrected chi connectivity index (χ0v) is 10.8. The van der Waals surface area contributed by atoms with Crippen LogP contribution in [0.15, 0.2) is 12.1 Å². The van der Waals surface area contributed by atoms with Gasteiger partial charge in [0.15, 0.2) is 11.6 Å². The smallest absolute Gasteiger partial charge is 0.186 e. The summed E-state index contributed by atoms with van der Waals surface area (Å²) in [4.78, 5) is 7.37. The highest BCUT2D eigenvalue weighted by Crippen LogP contribution is 2.37. The van der Waals surface area contributed by atoms with Gasteiger partial charge in [0.2, 0.25) is 0 Å². The maximum absolute atomic E-state index is 13.7. The average Bonchev–Trinajstić information content (AvgIpc) is 2.83. The van der Waals surface area contributed by atoms with Crippen LogP contribution in [0.2, 0.25) is 0 Å². The molecule has 3 rings (SSSR count). The van der Waals surface area contributed by atoms with Crippen molar-refractivity contribution in [3.05, 3.63) is 29.6 Å². The summed E-state index contributed by atoms with van der Waals surface area (Å²) < 4.78 is 26.9. The summed E-state index contributed by atoms with van der Waals surface area (Å²) in [5.74, 6) is -1.10. The van der Waals surface area contributed by atoms with E-state index in [1.54, 1.807) is 0 Å². The van der Waals surface area contributed by atoms with Gasteiger partial charge in [-0.05, 0) is 25.0 Å². The third-order valence-corrected chi connectivity index (χ3v) is 4.37. The predicted octanol–water partition coefficient (Wildman–Crippen LogP) is 3.00. The number of benzene rings is 1. The molecular formula is C14H17F2N3. The standard InChI is InChI=1S/C14H17F2N3/c1-14(7-3-2-4-10(14)17)13-18-9-6-5-8(15)11(16)12(9)19-13/h5-6,10H,2-4,7,17H2,1H3,(H,18,19). The van der Waals surface area contributed by atoms with Crippen LogP contribution in [0.3, 0.4) is 0 Å². The van der Waals surface area contributed by atoms with E-state index in [1.807, 2.05) is 6.92 Å². The highest BCUT2D eigenvalue weighted by molar-refractivity contribution is 5.76. The van der Waals surface area contributed by atoms with Crippen LogP contribution < -0.4 is 5.73 Å². The number of rotatable bonds is 1. The molecule has 1 aromatic carbocycles. The van der Waals surface area contributed by atoms with E-state index in [9.17, 15) is 8.78 Å². The van der Waals surface area contributed by atoms with Crippen LogP contribution in [-0.2, 0) is 5.41 Å². The summed E-state index contributed by atoms with van der Waals surface area (Å²) in [6.07, 6.45) is 4.04. The van der Waals surface area contributed by atoms with Crippen molar-refractivity contribution in [1.29, 1.82) is 0 Å². The van der Waals surface area contributed by atoms with Gasteiger partial charge in [0.1, 0.15) is 11.3 Å². The van der Waals surface area contributed by atoms with Gasteiger partial charge < -0.3 is 10.7 Å². The van der Waals surface area contributed by atoms with Crippen molar-refractivity contribution in [2.24, 2.45) is 5.73 Å². The summed E-state index contributed by atoms with van der Waals surface area (Å²) in [5, 5.41) is 0. The second kappa shape index (κ2) is 4.27. The van der Waals surface area contributed by atoms with E-state index in [0.717, 1.165) is 31.7 Å². The van der Waals surface area contributed by atoms with Gasteiger partial charge in [-0.25, -0.2) is 13.8 Å². The zero-order chi connectivity index (χ0) is 13.6. The SMILES string of the molecule is CC1(c2nc3c(F)c(F)ccc3[nH]2)CCCCC1N. The second-order valence-electron chi connectivity index (χ2n) is 5.61. The number of H-pyrrole nitrogens is 1. The van der Waals surface area contributed by atoms with E-state index in [2.05, 4.69) is 9.97 Å². The number of hydrogen-bond acceptors (Lipinski definition) is 2. The number of nitrogens with zero attached hydrogens (tertiary/aromatic N) is 1. The predicted molar refractivity (Wildman–Crippen MR) is 69.8 cm³/mol. The fourth-order valence-corrected chi connectivity index (χ4v) is 2.94. The van der Waals surface area contributed by atoms with Crippen LogP contribution in [0, 0.1) is 11.6 Å². The molecule has 0 spiro atoms. The van der Waals surface area contributed by atoms with E-state index in [-0.39, 0.29) is 17.0 Å². The maximum atomic E-state index is 13.7. The average molecular weight is 265 g/mol. The van der Waals surface area contributed by atoms with Crippen LogP contribution in [-0.4, -0.2) is 16.0 Å². The number of imidazole rings is 1. The summed E-state index contributed by atoms with van der Waals surface area (Å²) in [7, 11) is 0. The summed E-state index contributed by atoms with van der Waals surface area (Å²) >= 11 is 0. The van der Waals surface area contributed by atoms with E-state index in [4.69, 9.17) is 5.73 Å². The first-order chi connectivity index (χ1) is 9.02. The molecular weight excluding hydrogens is 248 g/mol. The van der Waals surface area contributed by atoms with Gasteiger partial charge in [0, 0.05) is 11.5 Å². The lowest BCUT2D eigenvalue weighted by atomic mass is 9.71. The number of halogens is 2. The molecule has 2 atom stereocenters. The number of aromatic amines is 1. The molecule has 0 saturated heterocycles. The monoisotopic (exact) mass is 265 g/mol. The van der Waals surface area contributed by atoms with Gasteiger partial charge >= 0.3 is 0 Å². The molecule has 3 N–H and O–H groups in total. The Morgan fingerprint density at radius 3 is 2.89 bits per heavy atom. The molecule has 1 saturated carbocycles. The molecule has 0 aliphatic heterocycles. The highest BCUT2D eigenvalue weighted by Gasteiger charge is 2.38. The molecule has 2 aromatic rings. The first-order valence-corrected chi connectivity index (χ1v) is 6.62. The number of nitrogens with one attached hydrogen (secondary N) is 1. The van der Waals surface area contributed by atoms with E-state index >= 15 is 0 Å². The number of aromatic nitrogens is 2. The third kappa shape index (κ3) is 1.84. The summed E-state index contributed by atoms with van der Waals surface area (Å²) in [5.41, 5.74) is 6.50. The Bertz CT molecular complexity index is 622. The topological polar surface area (TPSA) is 54.7 Å². The fourth-order valence-electron chi connectivity index (χ4n) is 2.94. The molecule has 1 fully saturated rings. The Morgan fingerprint density at radius 1 is 1.37 bits per heavy atom. The van der Waals surface area contributed by atoms with Gasteiger partial charge in [-0.1, -0.05) is 19.8 Å². The van der Waals surface area contributed by atoms with Crippen molar-refractivity contribution < 1.29 is 8.78 Å². The first kappa shape index (κ1) is 12.5. The number of hydrogen-bond donors (Lipinski definition) is 2. The molecule has 102 valence electrons. The van der Waals surface area contributed by atoms with Crippen LogP contribution in [0.25, 0.3) is 11.0 Å². The molecule has 19 heavy (non-hydrogen) atoms. The second-order valence-corrected chi connectivity index (χ2v) is 5.61. The largest absolute Gasteiger partial charge is 0.341 e. The van der Waals surface area contributed by atoms with E-state index in [1.165, 1.54) is 6.07 Å².